The first-order valence-electron chi connectivity index (χ1n) is 5.03. The molecule has 1 aromatic heterocycles. The number of rotatable bonds is 2. The molecule has 5 heteroatoms. The summed E-state index contributed by atoms with van der Waals surface area (Å²) in [4.78, 5) is 11.8. The summed E-state index contributed by atoms with van der Waals surface area (Å²) in [7, 11) is 0. The van der Waals surface area contributed by atoms with E-state index in [1.165, 1.54) is 4.57 Å². The van der Waals surface area contributed by atoms with E-state index in [2.05, 4.69) is 0 Å². The van der Waals surface area contributed by atoms with E-state index in [1.54, 1.807) is 32.9 Å². The molecule has 0 spiro atoms. The first kappa shape index (κ1) is 12.7. The lowest BCUT2D eigenvalue weighted by atomic mass is 10.2. The molecule has 2 N–H and O–H groups in total. The van der Waals surface area contributed by atoms with Gasteiger partial charge in [-0.2, -0.15) is 0 Å². The van der Waals surface area contributed by atoms with Crippen LogP contribution in [0.25, 0.3) is 0 Å². The quantitative estimate of drug-likeness (QED) is 0.797. The average molecular weight is 227 g/mol. The Morgan fingerprint density at radius 3 is 2.00 bits per heavy atom. The number of carbonyl (C=O) groups is 1. The van der Waals surface area contributed by atoms with E-state index in [1.807, 2.05) is 0 Å². The highest BCUT2D eigenvalue weighted by Crippen LogP contribution is 2.14. The number of ether oxygens (including phenoxy) is 1. The van der Waals surface area contributed by atoms with Gasteiger partial charge in [-0.05, 0) is 32.9 Å². The fourth-order valence-electron chi connectivity index (χ4n) is 1.31. The summed E-state index contributed by atoms with van der Waals surface area (Å²) in [5, 5.41) is 18.1. The fourth-order valence-corrected chi connectivity index (χ4v) is 1.31. The van der Waals surface area contributed by atoms with Crippen LogP contribution in [-0.4, -0.2) is 26.5 Å². The van der Waals surface area contributed by atoms with Gasteiger partial charge < -0.3 is 14.9 Å². The second-order valence-electron chi connectivity index (χ2n) is 4.45. The van der Waals surface area contributed by atoms with Crippen molar-refractivity contribution in [3.63, 3.8) is 0 Å². The molecule has 5 nitrogen and oxygen atoms in total. The molecule has 0 atom stereocenters. The van der Waals surface area contributed by atoms with Crippen LogP contribution in [0.4, 0.5) is 4.79 Å². The molecule has 0 radical (unpaired) electrons. The highest BCUT2D eigenvalue weighted by atomic mass is 16.6. The van der Waals surface area contributed by atoms with E-state index in [4.69, 9.17) is 14.9 Å². The van der Waals surface area contributed by atoms with Gasteiger partial charge >= 0.3 is 6.09 Å². The maximum absolute atomic E-state index is 11.8. The SMILES string of the molecule is CC(C)(C)OC(=O)n1c(CO)ccc1CO. The zero-order chi connectivity index (χ0) is 12.3. The molecule has 0 aliphatic rings. The zero-order valence-corrected chi connectivity index (χ0v) is 9.73. The monoisotopic (exact) mass is 227 g/mol. The van der Waals surface area contributed by atoms with E-state index in [9.17, 15) is 4.79 Å². The van der Waals surface area contributed by atoms with Crippen molar-refractivity contribution in [2.75, 3.05) is 0 Å². The van der Waals surface area contributed by atoms with Crippen LogP contribution in [0.5, 0.6) is 0 Å². The van der Waals surface area contributed by atoms with Crippen molar-refractivity contribution in [3.8, 4) is 0 Å². The van der Waals surface area contributed by atoms with Gasteiger partial charge in [0.25, 0.3) is 0 Å². The first-order valence-corrected chi connectivity index (χ1v) is 5.03. The number of hydrogen-bond donors (Lipinski definition) is 2. The third-order valence-corrected chi connectivity index (χ3v) is 1.94. The van der Waals surface area contributed by atoms with Gasteiger partial charge in [0.15, 0.2) is 0 Å². The molecule has 0 aromatic carbocycles. The van der Waals surface area contributed by atoms with Crippen molar-refractivity contribution in [3.05, 3.63) is 23.5 Å². The largest absolute Gasteiger partial charge is 0.443 e. The van der Waals surface area contributed by atoms with Crippen LogP contribution in [0, 0.1) is 0 Å². The van der Waals surface area contributed by atoms with Gasteiger partial charge in [0.2, 0.25) is 0 Å². The second kappa shape index (κ2) is 4.67. The fraction of sp³-hybridized carbons (Fsp3) is 0.545. The van der Waals surface area contributed by atoms with Gasteiger partial charge in [-0.3, -0.25) is 0 Å². The number of carbonyl (C=O) groups excluding carboxylic acids is 1. The topological polar surface area (TPSA) is 71.7 Å². The lowest BCUT2D eigenvalue weighted by molar-refractivity contribution is 0.0514. The van der Waals surface area contributed by atoms with E-state index >= 15 is 0 Å². The van der Waals surface area contributed by atoms with Crippen LogP contribution in [0.1, 0.15) is 32.2 Å². The number of aliphatic hydroxyl groups is 2. The van der Waals surface area contributed by atoms with Crippen molar-refractivity contribution in [2.24, 2.45) is 0 Å². The summed E-state index contributed by atoms with van der Waals surface area (Å²) in [6.07, 6.45) is -0.592. The minimum atomic E-state index is -0.610. The van der Waals surface area contributed by atoms with E-state index in [0.29, 0.717) is 11.4 Å². The van der Waals surface area contributed by atoms with Crippen LogP contribution >= 0.6 is 0 Å². The minimum Gasteiger partial charge on any atom is -0.443 e. The van der Waals surface area contributed by atoms with Crippen molar-refractivity contribution >= 4 is 6.09 Å². The second-order valence-corrected chi connectivity index (χ2v) is 4.45. The molecule has 0 unspecified atom stereocenters. The molecule has 0 fully saturated rings. The van der Waals surface area contributed by atoms with Gasteiger partial charge in [-0.15, -0.1) is 0 Å². The van der Waals surface area contributed by atoms with Crippen LogP contribution in [-0.2, 0) is 18.0 Å². The Bertz CT molecular complexity index is 354. The Hall–Kier alpha value is -1.33. The van der Waals surface area contributed by atoms with Crippen molar-refractivity contribution < 1.29 is 19.7 Å². The highest BCUT2D eigenvalue weighted by molar-refractivity contribution is 5.73. The molecule has 90 valence electrons. The van der Waals surface area contributed by atoms with Crippen LogP contribution < -0.4 is 0 Å². The highest BCUT2D eigenvalue weighted by Gasteiger charge is 2.21. The molecule has 0 saturated carbocycles. The summed E-state index contributed by atoms with van der Waals surface area (Å²) in [5.74, 6) is 0. The number of aromatic nitrogens is 1. The van der Waals surface area contributed by atoms with Crippen molar-refractivity contribution in [1.29, 1.82) is 0 Å². The van der Waals surface area contributed by atoms with Gasteiger partial charge in [-0.1, -0.05) is 0 Å². The van der Waals surface area contributed by atoms with Gasteiger partial charge in [0.1, 0.15) is 5.60 Å². The summed E-state index contributed by atoms with van der Waals surface area (Å²) in [6, 6.07) is 3.16. The number of aliphatic hydroxyl groups excluding tert-OH is 2. The lowest BCUT2D eigenvalue weighted by Gasteiger charge is -2.21. The molecule has 0 amide bonds. The Morgan fingerprint density at radius 2 is 1.69 bits per heavy atom. The van der Waals surface area contributed by atoms with Gasteiger partial charge in [0, 0.05) is 0 Å². The molecule has 1 heterocycles. The van der Waals surface area contributed by atoms with E-state index in [-0.39, 0.29) is 13.2 Å². The maximum Gasteiger partial charge on any atom is 0.419 e. The Morgan fingerprint density at radius 1 is 1.25 bits per heavy atom. The molecule has 0 aliphatic carbocycles. The summed E-state index contributed by atoms with van der Waals surface area (Å²) < 4.78 is 6.35. The predicted molar refractivity (Wildman–Crippen MR) is 57.9 cm³/mol. The van der Waals surface area contributed by atoms with Crippen LogP contribution in [0.3, 0.4) is 0 Å². The van der Waals surface area contributed by atoms with Crippen LogP contribution in [0.2, 0.25) is 0 Å². The standard InChI is InChI=1S/C11H17NO4/c1-11(2,3)16-10(15)12-8(6-13)4-5-9(12)7-14/h4-5,13-14H,6-7H2,1-3H3. The van der Waals surface area contributed by atoms with E-state index < -0.39 is 11.7 Å². The summed E-state index contributed by atoms with van der Waals surface area (Å²) in [6.45, 7) is 4.71. The zero-order valence-electron chi connectivity index (χ0n) is 9.73. The molecule has 0 saturated heterocycles. The number of hydrogen-bond acceptors (Lipinski definition) is 4. The van der Waals surface area contributed by atoms with Crippen molar-refractivity contribution in [2.45, 2.75) is 39.6 Å². The minimum absolute atomic E-state index is 0.279. The summed E-state index contributed by atoms with van der Waals surface area (Å²) >= 11 is 0. The average Bonchev–Trinajstić information content (AvgIpc) is 2.57. The first-order chi connectivity index (χ1) is 7.39. The predicted octanol–water partition coefficient (Wildman–Crippen LogP) is 1.26. The molecule has 1 rings (SSSR count). The number of nitrogens with zero attached hydrogens (tertiary/aromatic N) is 1. The molecular formula is C11H17NO4. The van der Waals surface area contributed by atoms with Gasteiger partial charge in [0.05, 0.1) is 24.6 Å². The van der Waals surface area contributed by atoms with Crippen LogP contribution in [0.15, 0.2) is 12.1 Å². The smallest absolute Gasteiger partial charge is 0.419 e. The third kappa shape index (κ3) is 2.84. The van der Waals surface area contributed by atoms with Crippen molar-refractivity contribution in [1.82, 2.24) is 4.57 Å². The molecule has 16 heavy (non-hydrogen) atoms. The lowest BCUT2D eigenvalue weighted by Crippen LogP contribution is -2.29. The Kier molecular flexibility index (Phi) is 3.72. The normalized spacial score (nSPS) is 11.6. The summed E-state index contributed by atoms with van der Waals surface area (Å²) in [5.41, 5.74) is 0.192. The third-order valence-electron chi connectivity index (χ3n) is 1.94. The molecule has 0 bridgehead atoms. The maximum atomic E-state index is 11.8. The molecule has 1 aromatic rings. The molecule has 0 aliphatic heterocycles. The molecular weight excluding hydrogens is 210 g/mol. The Balaban J connectivity index is 3.01. The van der Waals surface area contributed by atoms with E-state index in [0.717, 1.165) is 0 Å². The Labute approximate surface area is 94.3 Å². The van der Waals surface area contributed by atoms with Gasteiger partial charge in [-0.25, -0.2) is 9.36 Å².